The standard InChI is InChI=1S/C33H34N2O2S/c36-30-21-38-32(35(30)20-22-4-2-1-3-5-22)27-8-6-26(7-9-27)31(37)34-29-12-10-28(11-13-29)33-17-23-14-24(18-33)16-25(15-23)19-33/h1-13,23-25,32H,14-21H2,(H,34,37)/t23?,24?,25?,32-,33?/m1/s1. The van der Waals surface area contributed by atoms with E-state index in [-0.39, 0.29) is 17.2 Å². The van der Waals surface area contributed by atoms with E-state index in [1.807, 2.05) is 47.4 Å². The first-order valence-corrected chi connectivity index (χ1v) is 15.1. The van der Waals surface area contributed by atoms with Crippen molar-refractivity contribution in [2.75, 3.05) is 11.1 Å². The predicted molar refractivity (Wildman–Crippen MR) is 153 cm³/mol. The van der Waals surface area contributed by atoms with Crippen molar-refractivity contribution in [3.05, 3.63) is 101 Å². The van der Waals surface area contributed by atoms with E-state index in [0.717, 1.165) is 34.6 Å². The van der Waals surface area contributed by atoms with Gasteiger partial charge in [-0.15, -0.1) is 11.8 Å². The first kappa shape index (κ1) is 24.0. The molecule has 1 atom stereocenters. The maximum absolute atomic E-state index is 13.0. The Balaban J connectivity index is 1.02. The molecular weight excluding hydrogens is 488 g/mol. The fourth-order valence-corrected chi connectivity index (χ4v) is 9.24. The van der Waals surface area contributed by atoms with Crippen LogP contribution in [0, 0.1) is 17.8 Å². The zero-order valence-electron chi connectivity index (χ0n) is 21.6. The van der Waals surface area contributed by atoms with Crippen LogP contribution >= 0.6 is 11.8 Å². The lowest BCUT2D eigenvalue weighted by molar-refractivity contribution is -0.128. The largest absolute Gasteiger partial charge is 0.322 e. The number of hydrogen-bond acceptors (Lipinski definition) is 3. The van der Waals surface area contributed by atoms with Crippen LogP contribution in [0.2, 0.25) is 0 Å². The van der Waals surface area contributed by atoms with Crippen LogP contribution in [0.1, 0.15) is 70.9 Å². The average molecular weight is 523 g/mol. The van der Waals surface area contributed by atoms with E-state index in [2.05, 4.69) is 41.7 Å². The second-order valence-corrected chi connectivity index (χ2v) is 13.1. The second-order valence-electron chi connectivity index (χ2n) is 12.0. The molecule has 8 rings (SSSR count). The van der Waals surface area contributed by atoms with Crippen LogP contribution in [-0.4, -0.2) is 22.5 Å². The number of amides is 2. The van der Waals surface area contributed by atoms with Gasteiger partial charge >= 0.3 is 0 Å². The minimum Gasteiger partial charge on any atom is -0.322 e. The Morgan fingerprint density at radius 3 is 2.11 bits per heavy atom. The van der Waals surface area contributed by atoms with Crippen LogP contribution in [0.5, 0.6) is 0 Å². The number of rotatable bonds is 6. The average Bonchev–Trinajstić information content (AvgIpc) is 3.28. The molecule has 1 heterocycles. The molecule has 0 aromatic heterocycles. The molecule has 4 bridgehead atoms. The molecule has 0 spiro atoms. The molecule has 1 aliphatic heterocycles. The van der Waals surface area contributed by atoms with Crippen molar-refractivity contribution in [2.24, 2.45) is 17.8 Å². The summed E-state index contributed by atoms with van der Waals surface area (Å²) in [7, 11) is 0. The molecule has 0 radical (unpaired) electrons. The molecule has 3 aromatic rings. The van der Waals surface area contributed by atoms with Crippen LogP contribution in [0.3, 0.4) is 0 Å². The first-order valence-electron chi connectivity index (χ1n) is 14.0. The van der Waals surface area contributed by atoms with Gasteiger partial charge in [-0.3, -0.25) is 9.59 Å². The highest BCUT2D eigenvalue weighted by atomic mass is 32.2. The zero-order chi connectivity index (χ0) is 25.7. The molecule has 1 saturated heterocycles. The van der Waals surface area contributed by atoms with E-state index in [1.54, 1.807) is 11.8 Å². The third kappa shape index (κ3) is 4.45. The molecule has 4 saturated carbocycles. The van der Waals surface area contributed by atoms with Gasteiger partial charge in [0.1, 0.15) is 5.37 Å². The Morgan fingerprint density at radius 2 is 1.47 bits per heavy atom. The number of hydrogen-bond donors (Lipinski definition) is 1. The summed E-state index contributed by atoms with van der Waals surface area (Å²) in [5, 5.41) is 3.06. The summed E-state index contributed by atoms with van der Waals surface area (Å²) in [5.41, 5.74) is 5.50. The summed E-state index contributed by atoms with van der Waals surface area (Å²) in [6.45, 7) is 0.596. The molecule has 4 nitrogen and oxygen atoms in total. The number of carbonyl (C=O) groups is 2. The van der Waals surface area contributed by atoms with Gasteiger partial charge in [0.2, 0.25) is 5.91 Å². The fraction of sp³-hybridized carbons (Fsp3) is 0.394. The third-order valence-electron chi connectivity index (χ3n) is 9.42. The minimum absolute atomic E-state index is 0.0306. The second kappa shape index (κ2) is 9.60. The van der Waals surface area contributed by atoms with E-state index in [0.29, 0.717) is 23.3 Å². The molecule has 5 heteroatoms. The van der Waals surface area contributed by atoms with Crippen LogP contribution in [0.25, 0.3) is 0 Å². The molecule has 5 aliphatic rings. The highest BCUT2D eigenvalue weighted by Gasteiger charge is 2.51. The first-order chi connectivity index (χ1) is 18.5. The number of anilines is 1. The van der Waals surface area contributed by atoms with Gasteiger partial charge in [-0.1, -0.05) is 54.6 Å². The highest BCUT2D eigenvalue weighted by molar-refractivity contribution is 8.00. The summed E-state index contributed by atoms with van der Waals surface area (Å²) in [6.07, 6.45) is 8.41. The number of carbonyl (C=O) groups excluding carboxylic acids is 2. The number of benzene rings is 3. The molecule has 194 valence electrons. The third-order valence-corrected chi connectivity index (χ3v) is 10.7. The van der Waals surface area contributed by atoms with Crippen molar-refractivity contribution in [1.29, 1.82) is 0 Å². The Bertz CT molecular complexity index is 1300. The molecule has 5 fully saturated rings. The van der Waals surface area contributed by atoms with Gasteiger partial charge in [-0.05, 0) is 103 Å². The minimum atomic E-state index is -0.101. The van der Waals surface area contributed by atoms with Crippen LogP contribution < -0.4 is 5.32 Å². The summed E-state index contributed by atoms with van der Waals surface area (Å²) >= 11 is 1.65. The Labute approximate surface area is 229 Å². The Morgan fingerprint density at radius 1 is 0.842 bits per heavy atom. The molecule has 4 aliphatic carbocycles. The smallest absolute Gasteiger partial charge is 0.255 e. The summed E-state index contributed by atoms with van der Waals surface area (Å²) < 4.78 is 0. The summed E-state index contributed by atoms with van der Waals surface area (Å²) in [6, 6.07) is 26.5. The zero-order valence-corrected chi connectivity index (χ0v) is 22.5. The van der Waals surface area contributed by atoms with Crippen molar-refractivity contribution in [2.45, 2.75) is 55.9 Å². The quantitative estimate of drug-likeness (QED) is 0.373. The maximum Gasteiger partial charge on any atom is 0.255 e. The lowest BCUT2D eigenvalue weighted by Crippen LogP contribution is -2.48. The van der Waals surface area contributed by atoms with E-state index >= 15 is 0 Å². The van der Waals surface area contributed by atoms with Crippen molar-refractivity contribution in [1.82, 2.24) is 4.90 Å². The molecule has 3 aromatic carbocycles. The molecule has 1 N–H and O–H groups in total. The fourth-order valence-electron chi connectivity index (χ4n) is 8.05. The SMILES string of the molecule is O=C(Nc1ccc(C23CC4CC(CC(C4)C2)C3)cc1)c1ccc([C@H]2SCC(=O)N2Cc2ccccc2)cc1. The van der Waals surface area contributed by atoms with Crippen molar-refractivity contribution < 1.29 is 9.59 Å². The Hall–Kier alpha value is -3.05. The predicted octanol–water partition coefficient (Wildman–Crippen LogP) is 7.18. The number of nitrogens with one attached hydrogen (secondary N) is 1. The van der Waals surface area contributed by atoms with Gasteiger partial charge in [0, 0.05) is 17.8 Å². The van der Waals surface area contributed by atoms with Crippen LogP contribution in [-0.2, 0) is 16.8 Å². The van der Waals surface area contributed by atoms with E-state index < -0.39 is 0 Å². The van der Waals surface area contributed by atoms with Gasteiger partial charge < -0.3 is 10.2 Å². The van der Waals surface area contributed by atoms with Gasteiger partial charge in [-0.2, -0.15) is 0 Å². The number of nitrogens with zero attached hydrogens (tertiary/aromatic N) is 1. The summed E-state index contributed by atoms with van der Waals surface area (Å²) in [4.78, 5) is 27.5. The van der Waals surface area contributed by atoms with Crippen molar-refractivity contribution in [3.8, 4) is 0 Å². The van der Waals surface area contributed by atoms with Crippen LogP contribution in [0.4, 0.5) is 5.69 Å². The monoisotopic (exact) mass is 522 g/mol. The topological polar surface area (TPSA) is 49.4 Å². The van der Waals surface area contributed by atoms with E-state index in [4.69, 9.17) is 0 Å². The molecule has 2 amide bonds. The maximum atomic E-state index is 13.0. The van der Waals surface area contributed by atoms with Gasteiger partial charge in [0.15, 0.2) is 0 Å². The van der Waals surface area contributed by atoms with E-state index in [9.17, 15) is 9.59 Å². The van der Waals surface area contributed by atoms with Crippen molar-refractivity contribution in [3.63, 3.8) is 0 Å². The normalized spacial score (nSPS) is 29.6. The van der Waals surface area contributed by atoms with Gasteiger partial charge in [0.05, 0.1) is 5.75 Å². The molecule has 38 heavy (non-hydrogen) atoms. The lowest BCUT2D eigenvalue weighted by Gasteiger charge is -2.57. The summed E-state index contributed by atoms with van der Waals surface area (Å²) in [5.74, 6) is 3.32. The Kier molecular flexibility index (Phi) is 6.07. The van der Waals surface area contributed by atoms with Gasteiger partial charge in [-0.25, -0.2) is 0 Å². The molecule has 0 unspecified atom stereocenters. The van der Waals surface area contributed by atoms with Gasteiger partial charge in [0.25, 0.3) is 5.91 Å². The number of thioether (sulfide) groups is 1. The lowest BCUT2D eigenvalue weighted by atomic mass is 9.48. The van der Waals surface area contributed by atoms with Crippen LogP contribution in [0.15, 0.2) is 78.9 Å². The molecular formula is C33H34N2O2S. The van der Waals surface area contributed by atoms with E-state index in [1.165, 1.54) is 44.1 Å². The van der Waals surface area contributed by atoms with Crippen molar-refractivity contribution >= 4 is 29.3 Å². The highest BCUT2D eigenvalue weighted by Crippen LogP contribution is 2.60.